The van der Waals surface area contributed by atoms with Crippen molar-refractivity contribution in [1.29, 1.82) is 0 Å². The van der Waals surface area contributed by atoms with E-state index in [-0.39, 0.29) is 0 Å². The maximum absolute atomic E-state index is 5.06. The van der Waals surface area contributed by atoms with Crippen molar-refractivity contribution < 1.29 is 0 Å². The van der Waals surface area contributed by atoms with E-state index in [2.05, 4.69) is 29.7 Å². The van der Waals surface area contributed by atoms with E-state index in [4.69, 9.17) is 12.2 Å². The van der Waals surface area contributed by atoms with Crippen LogP contribution in [0.3, 0.4) is 0 Å². The molecule has 0 unspecified atom stereocenters. The van der Waals surface area contributed by atoms with Gasteiger partial charge in [-0.25, -0.2) is 0 Å². The Morgan fingerprint density at radius 1 is 1.33 bits per heavy atom. The fourth-order valence-electron chi connectivity index (χ4n) is 1.78. The van der Waals surface area contributed by atoms with Gasteiger partial charge in [-0.15, -0.1) is 0 Å². The van der Waals surface area contributed by atoms with Gasteiger partial charge in [-0.3, -0.25) is 5.43 Å². The molecule has 0 bridgehead atoms. The van der Waals surface area contributed by atoms with Crippen LogP contribution in [0.4, 0.5) is 0 Å². The molecule has 0 radical (unpaired) electrons. The molecule has 3 nitrogen and oxygen atoms in total. The quantitative estimate of drug-likeness (QED) is 0.442. The minimum Gasteiger partial charge on any atom is -0.359 e. The van der Waals surface area contributed by atoms with Gasteiger partial charge >= 0.3 is 0 Å². The summed E-state index contributed by atoms with van der Waals surface area (Å²) in [6.45, 7) is 4.11. The first kappa shape index (κ1) is 12.4. The van der Waals surface area contributed by atoms with Crippen molar-refractivity contribution in [3.05, 3.63) is 0 Å². The highest BCUT2D eigenvalue weighted by Crippen LogP contribution is 2.21. The Morgan fingerprint density at radius 3 is 2.60 bits per heavy atom. The minimum absolute atomic E-state index is 0.356. The largest absolute Gasteiger partial charge is 0.359 e. The zero-order valence-electron chi connectivity index (χ0n) is 9.62. The zero-order valence-corrected chi connectivity index (χ0v) is 10.4. The predicted octanol–water partition coefficient (Wildman–Crippen LogP) is 2.43. The Bertz CT molecular complexity index is 220. The number of hydrogen-bond acceptors (Lipinski definition) is 2. The molecule has 0 aromatic rings. The average molecular weight is 227 g/mol. The molecule has 0 saturated heterocycles. The molecule has 1 fully saturated rings. The van der Waals surface area contributed by atoms with Gasteiger partial charge in [0.05, 0.1) is 0 Å². The normalized spacial score (nSPS) is 18.3. The van der Waals surface area contributed by atoms with Crippen LogP contribution in [0.15, 0.2) is 5.10 Å². The highest BCUT2D eigenvalue weighted by atomic mass is 32.1. The summed E-state index contributed by atoms with van der Waals surface area (Å²) in [5, 5.41) is 7.86. The summed E-state index contributed by atoms with van der Waals surface area (Å²) in [4.78, 5) is 0. The third-order valence-corrected chi connectivity index (χ3v) is 2.73. The van der Waals surface area contributed by atoms with E-state index in [1.807, 2.05) is 6.21 Å². The van der Waals surface area contributed by atoms with Crippen molar-refractivity contribution in [2.45, 2.75) is 52.0 Å². The lowest BCUT2D eigenvalue weighted by Crippen LogP contribution is -2.36. The molecule has 0 spiro atoms. The first-order chi connectivity index (χ1) is 7.18. The van der Waals surface area contributed by atoms with E-state index >= 15 is 0 Å². The Morgan fingerprint density at radius 2 is 2.00 bits per heavy atom. The molecule has 4 heteroatoms. The van der Waals surface area contributed by atoms with Crippen LogP contribution >= 0.6 is 12.2 Å². The smallest absolute Gasteiger partial charge is 0.187 e. The number of rotatable bonds is 3. The van der Waals surface area contributed by atoms with Crippen LogP contribution in [0.5, 0.6) is 0 Å². The van der Waals surface area contributed by atoms with Crippen molar-refractivity contribution in [3.63, 3.8) is 0 Å². The van der Waals surface area contributed by atoms with Gasteiger partial charge in [0.25, 0.3) is 0 Å². The van der Waals surface area contributed by atoms with Gasteiger partial charge in [0.1, 0.15) is 0 Å². The third kappa shape index (κ3) is 5.72. The number of nitrogens with zero attached hydrogens (tertiary/aromatic N) is 1. The van der Waals surface area contributed by atoms with Crippen LogP contribution in [0, 0.1) is 5.92 Å². The Balaban J connectivity index is 2.17. The van der Waals surface area contributed by atoms with Gasteiger partial charge in [0.15, 0.2) is 5.11 Å². The number of hydrogen-bond donors (Lipinski definition) is 2. The lowest BCUT2D eigenvalue weighted by Gasteiger charge is -2.17. The second kappa shape index (κ2) is 6.77. The minimum atomic E-state index is 0.356. The molecule has 1 aliphatic carbocycles. The fraction of sp³-hybridized carbons (Fsp3) is 0.818. The van der Waals surface area contributed by atoms with Gasteiger partial charge < -0.3 is 5.32 Å². The van der Waals surface area contributed by atoms with Crippen LogP contribution in [0.1, 0.15) is 46.0 Å². The molecule has 0 atom stereocenters. The molecule has 0 aromatic carbocycles. The van der Waals surface area contributed by atoms with E-state index < -0.39 is 0 Å². The van der Waals surface area contributed by atoms with E-state index in [0.29, 0.717) is 17.1 Å². The second-order valence-corrected chi connectivity index (χ2v) is 4.82. The average Bonchev–Trinajstić information content (AvgIpc) is 2.18. The second-order valence-electron chi connectivity index (χ2n) is 4.42. The van der Waals surface area contributed by atoms with Crippen LogP contribution < -0.4 is 10.7 Å². The van der Waals surface area contributed by atoms with Gasteiger partial charge in [0, 0.05) is 12.3 Å². The molecule has 0 aliphatic heterocycles. The van der Waals surface area contributed by atoms with Gasteiger partial charge in [-0.05, 0) is 44.8 Å². The highest BCUT2D eigenvalue weighted by molar-refractivity contribution is 7.80. The van der Waals surface area contributed by atoms with E-state index in [1.54, 1.807) is 0 Å². The molecule has 0 aromatic heterocycles. The molecule has 0 heterocycles. The van der Waals surface area contributed by atoms with E-state index in [9.17, 15) is 0 Å². The van der Waals surface area contributed by atoms with Crippen molar-refractivity contribution >= 4 is 23.5 Å². The SMILES string of the molecule is CC(C)NC(=S)N/N=C\C1CCCCC1. The first-order valence-corrected chi connectivity index (χ1v) is 6.19. The van der Waals surface area contributed by atoms with Gasteiger partial charge in [-0.1, -0.05) is 19.3 Å². The molecule has 1 aliphatic rings. The Labute approximate surface area is 97.7 Å². The molecule has 0 amide bonds. The summed E-state index contributed by atoms with van der Waals surface area (Å²) in [6, 6.07) is 0.356. The maximum Gasteiger partial charge on any atom is 0.187 e. The van der Waals surface area contributed by atoms with Crippen molar-refractivity contribution in [3.8, 4) is 0 Å². The monoisotopic (exact) mass is 227 g/mol. The molecule has 86 valence electrons. The van der Waals surface area contributed by atoms with Crippen molar-refractivity contribution in [1.82, 2.24) is 10.7 Å². The van der Waals surface area contributed by atoms with Crippen LogP contribution in [0.25, 0.3) is 0 Å². The summed E-state index contributed by atoms with van der Waals surface area (Å²) >= 11 is 5.06. The van der Waals surface area contributed by atoms with E-state index in [1.165, 1.54) is 32.1 Å². The standard InChI is InChI=1S/C11H21N3S/c1-9(2)13-11(15)14-12-8-10-6-4-3-5-7-10/h8-10H,3-7H2,1-2H3,(H2,13,14,15)/b12-8-. The summed E-state index contributed by atoms with van der Waals surface area (Å²) in [5.41, 5.74) is 2.85. The number of hydrazone groups is 1. The molecule has 15 heavy (non-hydrogen) atoms. The molecule has 1 saturated carbocycles. The van der Waals surface area contributed by atoms with E-state index in [0.717, 1.165) is 0 Å². The fourth-order valence-corrected chi connectivity index (χ4v) is 2.07. The van der Waals surface area contributed by atoms with Crippen molar-refractivity contribution in [2.75, 3.05) is 0 Å². The first-order valence-electron chi connectivity index (χ1n) is 5.78. The molecule has 1 rings (SSSR count). The zero-order chi connectivity index (χ0) is 11.1. The molecule has 2 N–H and O–H groups in total. The summed E-state index contributed by atoms with van der Waals surface area (Å²) in [5.74, 6) is 0.646. The summed E-state index contributed by atoms with van der Waals surface area (Å²) in [6.07, 6.45) is 8.61. The van der Waals surface area contributed by atoms with Crippen LogP contribution in [-0.4, -0.2) is 17.4 Å². The van der Waals surface area contributed by atoms with Crippen LogP contribution in [-0.2, 0) is 0 Å². The Kier molecular flexibility index (Phi) is 5.61. The number of nitrogens with one attached hydrogen (secondary N) is 2. The lowest BCUT2D eigenvalue weighted by atomic mass is 9.90. The van der Waals surface area contributed by atoms with Gasteiger partial charge in [-0.2, -0.15) is 5.10 Å². The highest BCUT2D eigenvalue weighted by Gasteiger charge is 2.10. The van der Waals surface area contributed by atoms with Crippen molar-refractivity contribution in [2.24, 2.45) is 11.0 Å². The maximum atomic E-state index is 5.06. The summed E-state index contributed by atoms with van der Waals surface area (Å²) in [7, 11) is 0. The topological polar surface area (TPSA) is 36.4 Å². The van der Waals surface area contributed by atoms with Crippen LogP contribution in [0.2, 0.25) is 0 Å². The number of thiocarbonyl (C=S) groups is 1. The van der Waals surface area contributed by atoms with Gasteiger partial charge in [0.2, 0.25) is 0 Å². The third-order valence-electron chi connectivity index (χ3n) is 2.52. The predicted molar refractivity (Wildman–Crippen MR) is 69.1 cm³/mol. The lowest BCUT2D eigenvalue weighted by molar-refractivity contribution is 0.444. The summed E-state index contributed by atoms with van der Waals surface area (Å²) < 4.78 is 0. The Hall–Kier alpha value is -0.640. The molecular weight excluding hydrogens is 206 g/mol. The molecular formula is C11H21N3S.